The third kappa shape index (κ3) is 3.49. The first-order valence-corrected chi connectivity index (χ1v) is 7.94. The van der Waals surface area contributed by atoms with E-state index < -0.39 is 10.0 Å². The Morgan fingerprint density at radius 2 is 2.10 bits per heavy atom. The number of nitrogens with two attached hydrogens (primary N) is 1. The van der Waals surface area contributed by atoms with Gasteiger partial charge >= 0.3 is 0 Å². The molecular formula is C13H20N2O4S. The third-order valence-corrected chi connectivity index (χ3v) is 4.87. The highest BCUT2D eigenvalue weighted by atomic mass is 32.2. The van der Waals surface area contributed by atoms with Crippen molar-refractivity contribution in [3.05, 3.63) is 23.3 Å². The van der Waals surface area contributed by atoms with Crippen LogP contribution in [-0.4, -0.2) is 40.9 Å². The van der Waals surface area contributed by atoms with Gasteiger partial charge in [0.05, 0.1) is 30.8 Å². The van der Waals surface area contributed by atoms with Crippen LogP contribution in [0, 0.1) is 13.8 Å². The van der Waals surface area contributed by atoms with E-state index in [-0.39, 0.29) is 17.5 Å². The van der Waals surface area contributed by atoms with Crippen molar-refractivity contribution in [1.29, 1.82) is 0 Å². The molecule has 0 radical (unpaired) electrons. The van der Waals surface area contributed by atoms with Gasteiger partial charge in [-0.15, -0.1) is 0 Å². The molecule has 1 atom stereocenters. The Kier molecular flexibility index (Phi) is 4.64. The molecule has 7 heteroatoms. The van der Waals surface area contributed by atoms with E-state index in [1.54, 1.807) is 13.0 Å². The van der Waals surface area contributed by atoms with Crippen molar-refractivity contribution >= 4 is 15.7 Å². The van der Waals surface area contributed by atoms with Gasteiger partial charge in [-0.1, -0.05) is 0 Å². The lowest BCUT2D eigenvalue weighted by atomic mass is 10.1. The van der Waals surface area contributed by atoms with Gasteiger partial charge in [0.15, 0.2) is 0 Å². The van der Waals surface area contributed by atoms with E-state index in [1.165, 1.54) is 6.07 Å². The molecule has 1 unspecified atom stereocenters. The summed E-state index contributed by atoms with van der Waals surface area (Å²) in [5.74, 6) is 0. The molecule has 1 aliphatic rings. The van der Waals surface area contributed by atoms with Crippen LogP contribution < -0.4 is 10.5 Å². The van der Waals surface area contributed by atoms with Crippen LogP contribution in [0.25, 0.3) is 0 Å². The van der Waals surface area contributed by atoms with E-state index in [0.717, 1.165) is 5.56 Å². The molecule has 1 aromatic carbocycles. The van der Waals surface area contributed by atoms with Crippen LogP contribution in [0.2, 0.25) is 0 Å². The number of aryl methyl sites for hydroxylation is 1. The number of rotatable bonds is 4. The van der Waals surface area contributed by atoms with Crippen LogP contribution in [0.1, 0.15) is 11.1 Å². The molecule has 2 rings (SSSR count). The number of nitrogens with one attached hydrogen (secondary N) is 1. The molecule has 1 heterocycles. The first-order valence-electron chi connectivity index (χ1n) is 6.46. The lowest BCUT2D eigenvalue weighted by molar-refractivity contribution is -0.0846. The van der Waals surface area contributed by atoms with E-state index in [9.17, 15) is 8.42 Å². The van der Waals surface area contributed by atoms with Gasteiger partial charge in [-0.05, 0) is 37.1 Å². The summed E-state index contributed by atoms with van der Waals surface area (Å²) < 4.78 is 37.9. The number of anilines is 1. The Hall–Kier alpha value is -1.15. The quantitative estimate of drug-likeness (QED) is 0.794. The van der Waals surface area contributed by atoms with Crippen molar-refractivity contribution in [2.24, 2.45) is 0 Å². The van der Waals surface area contributed by atoms with Crippen LogP contribution in [-0.2, 0) is 19.5 Å². The van der Waals surface area contributed by atoms with Gasteiger partial charge in [-0.25, -0.2) is 13.1 Å². The minimum Gasteiger partial charge on any atom is -0.399 e. The molecule has 6 nitrogen and oxygen atoms in total. The van der Waals surface area contributed by atoms with E-state index >= 15 is 0 Å². The Morgan fingerprint density at radius 1 is 1.35 bits per heavy atom. The van der Waals surface area contributed by atoms with Crippen molar-refractivity contribution in [3.63, 3.8) is 0 Å². The number of sulfonamides is 1. The Balaban J connectivity index is 2.14. The molecule has 0 aromatic heterocycles. The third-order valence-electron chi connectivity index (χ3n) is 3.32. The Labute approximate surface area is 119 Å². The maximum Gasteiger partial charge on any atom is 0.241 e. The molecule has 112 valence electrons. The maximum atomic E-state index is 12.3. The molecule has 0 aliphatic carbocycles. The molecule has 0 bridgehead atoms. The second-order valence-electron chi connectivity index (χ2n) is 4.88. The average Bonchev–Trinajstić information content (AvgIpc) is 2.42. The van der Waals surface area contributed by atoms with Crippen LogP contribution >= 0.6 is 0 Å². The molecule has 0 spiro atoms. The zero-order valence-corrected chi connectivity index (χ0v) is 12.5. The summed E-state index contributed by atoms with van der Waals surface area (Å²) in [5, 5.41) is 0. The second kappa shape index (κ2) is 6.09. The summed E-state index contributed by atoms with van der Waals surface area (Å²) in [6, 6.07) is 3.23. The fourth-order valence-electron chi connectivity index (χ4n) is 2.07. The largest absolute Gasteiger partial charge is 0.399 e. The normalized spacial score (nSPS) is 20.0. The lowest BCUT2D eigenvalue weighted by Gasteiger charge is -2.23. The standard InChI is InChI=1S/C13H20N2O4S/c1-9-5-11(14)6-13(10(9)2)20(16,17)15-7-12-8-18-3-4-19-12/h5-6,12,15H,3-4,7-8,14H2,1-2H3. The monoisotopic (exact) mass is 300 g/mol. The minimum atomic E-state index is -3.60. The fraction of sp³-hybridized carbons (Fsp3) is 0.538. The summed E-state index contributed by atoms with van der Waals surface area (Å²) in [6.07, 6.45) is -0.249. The summed E-state index contributed by atoms with van der Waals surface area (Å²) in [6.45, 7) is 5.24. The topological polar surface area (TPSA) is 90.7 Å². The number of nitrogen functional groups attached to an aromatic ring is 1. The highest BCUT2D eigenvalue weighted by Gasteiger charge is 2.22. The molecular weight excluding hydrogens is 280 g/mol. The molecule has 1 fully saturated rings. The molecule has 0 amide bonds. The lowest BCUT2D eigenvalue weighted by Crippen LogP contribution is -2.39. The SMILES string of the molecule is Cc1cc(N)cc(S(=O)(=O)NCC2COCCO2)c1C. The van der Waals surface area contributed by atoms with Gasteiger partial charge in [0.1, 0.15) is 0 Å². The van der Waals surface area contributed by atoms with Crippen molar-refractivity contribution < 1.29 is 17.9 Å². The summed E-state index contributed by atoms with van der Waals surface area (Å²) in [5.41, 5.74) is 7.71. The van der Waals surface area contributed by atoms with Crippen LogP contribution in [0.3, 0.4) is 0 Å². The smallest absolute Gasteiger partial charge is 0.241 e. The molecule has 0 saturated carbocycles. The van der Waals surface area contributed by atoms with E-state index in [2.05, 4.69) is 4.72 Å². The summed E-state index contributed by atoms with van der Waals surface area (Å²) in [7, 11) is -3.60. The van der Waals surface area contributed by atoms with Gasteiger partial charge in [0.25, 0.3) is 0 Å². The van der Waals surface area contributed by atoms with Crippen molar-refractivity contribution in [2.45, 2.75) is 24.8 Å². The Morgan fingerprint density at radius 3 is 2.75 bits per heavy atom. The molecule has 1 saturated heterocycles. The van der Waals surface area contributed by atoms with Gasteiger partial charge in [-0.3, -0.25) is 0 Å². The molecule has 20 heavy (non-hydrogen) atoms. The predicted molar refractivity (Wildman–Crippen MR) is 76.1 cm³/mol. The van der Waals surface area contributed by atoms with Crippen LogP contribution in [0.5, 0.6) is 0 Å². The average molecular weight is 300 g/mol. The molecule has 1 aliphatic heterocycles. The van der Waals surface area contributed by atoms with Crippen molar-refractivity contribution in [2.75, 3.05) is 32.1 Å². The highest BCUT2D eigenvalue weighted by Crippen LogP contribution is 2.22. The van der Waals surface area contributed by atoms with Crippen molar-refractivity contribution in [3.8, 4) is 0 Å². The summed E-state index contributed by atoms with van der Waals surface area (Å²) in [4.78, 5) is 0.215. The van der Waals surface area contributed by atoms with Crippen molar-refractivity contribution in [1.82, 2.24) is 4.72 Å². The minimum absolute atomic E-state index is 0.190. The fourth-order valence-corrected chi connectivity index (χ4v) is 3.48. The van der Waals surface area contributed by atoms with Crippen LogP contribution in [0.15, 0.2) is 17.0 Å². The van der Waals surface area contributed by atoms with Gasteiger partial charge in [0, 0.05) is 12.2 Å². The zero-order chi connectivity index (χ0) is 14.8. The number of hydrogen-bond donors (Lipinski definition) is 2. The van der Waals surface area contributed by atoms with Crippen LogP contribution in [0.4, 0.5) is 5.69 Å². The highest BCUT2D eigenvalue weighted by molar-refractivity contribution is 7.89. The molecule has 1 aromatic rings. The number of benzene rings is 1. The van der Waals surface area contributed by atoms with E-state index in [0.29, 0.717) is 31.1 Å². The number of ether oxygens (including phenoxy) is 2. The summed E-state index contributed by atoms with van der Waals surface area (Å²) >= 11 is 0. The van der Waals surface area contributed by atoms with Gasteiger partial charge < -0.3 is 15.2 Å². The van der Waals surface area contributed by atoms with Gasteiger partial charge in [0.2, 0.25) is 10.0 Å². The number of hydrogen-bond acceptors (Lipinski definition) is 5. The van der Waals surface area contributed by atoms with Gasteiger partial charge in [-0.2, -0.15) is 0 Å². The maximum absolute atomic E-state index is 12.3. The van der Waals surface area contributed by atoms with E-state index in [4.69, 9.17) is 15.2 Å². The zero-order valence-electron chi connectivity index (χ0n) is 11.7. The second-order valence-corrected chi connectivity index (χ2v) is 6.62. The Bertz CT molecular complexity index is 580. The molecule has 3 N–H and O–H groups in total. The first kappa shape index (κ1) is 15.2. The predicted octanol–water partition coefficient (Wildman–Crippen LogP) is 0.579. The van der Waals surface area contributed by atoms with E-state index in [1.807, 2.05) is 6.92 Å². The first-order chi connectivity index (χ1) is 9.40.